The van der Waals surface area contributed by atoms with E-state index in [0.717, 1.165) is 33.4 Å². The summed E-state index contributed by atoms with van der Waals surface area (Å²) in [4.78, 5) is 0. The van der Waals surface area contributed by atoms with Crippen LogP contribution in [0.2, 0.25) is 0 Å². The normalized spacial score (nSPS) is 12.1. The Morgan fingerprint density at radius 1 is 0.783 bits per heavy atom. The van der Waals surface area contributed by atoms with Crippen LogP contribution in [0.25, 0.3) is 12.2 Å². The zero-order valence-electron chi connectivity index (χ0n) is 14.9. The van der Waals surface area contributed by atoms with Crippen molar-refractivity contribution in [3.05, 3.63) is 57.6 Å². The summed E-state index contributed by atoms with van der Waals surface area (Å²) in [5.41, 5.74) is 5.86. The molecule has 0 unspecified atom stereocenters. The predicted octanol–water partition coefficient (Wildman–Crippen LogP) is 5.49. The molecule has 0 saturated carbocycles. The van der Waals surface area contributed by atoms with Crippen LogP contribution in [0.3, 0.4) is 0 Å². The SMILES string of the molecule is Cc1cc(C=Cc2cc(C)c(O)c(C)c2)c(C(C)(C)C)cc1O. The second-order valence-electron chi connectivity index (χ2n) is 7.31. The standard InChI is InChI=1S/C21H26O2/c1-13-11-17(18(12-19(13)22)21(4,5)6)8-7-16-9-14(2)20(23)15(3)10-16/h7-12,22-23H,1-6H3. The monoisotopic (exact) mass is 310 g/mol. The molecule has 0 aliphatic heterocycles. The van der Waals surface area contributed by atoms with E-state index in [4.69, 9.17) is 0 Å². The van der Waals surface area contributed by atoms with Crippen LogP contribution in [0.15, 0.2) is 24.3 Å². The van der Waals surface area contributed by atoms with Crippen LogP contribution < -0.4 is 0 Å². The van der Waals surface area contributed by atoms with Gasteiger partial charge in [0.25, 0.3) is 0 Å². The molecule has 0 fully saturated rings. The van der Waals surface area contributed by atoms with Crippen molar-refractivity contribution in [1.82, 2.24) is 0 Å². The molecular weight excluding hydrogens is 284 g/mol. The van der Waals surface area contributed by atoms with Gasteiger partial charge in [-0.3, -0.25) is 0 Å². The molecular formula is C21H26O2. The van der Waals surface area contributed by atoms with Gasteiger partial charge >= 0.3 is 0 Å². The number of benzene rings is 2. The molecule has 2 aromatic rings. The molecule has 0 aliphatic rings. The number of rotatable bonds is 2. The molecule has 2 rings (SSSR count). The van der Waals surface area contributed by atoms with Crippen molar-refractivity contribution >= 4 is 12.2 Å². The maximum Gasteiger partial charge on any atom is 0.121 e. The van der Waals surface area contributed by atoms with Crippen LogP contribution in [0.5, 0.6) is 11.5 Å². The minimum Gasteiger partial charge on any atom is -0.508 e. The first-order chi connectivity index (χ1) is 10.6. The van der Waals surface area contributed by atoms with Crippen molar-refractivity contribution in [3.8, 4) is 11.5 Å². The highest BCUT2D eigenvalue weighted by Gasteiger charge is 2.18. The first-order valence-corrected chi connectivity index (χ1v) is 7.92. The maximum atomic E-state index is 10.0. The van der Waals surface area contributed by atoms with E-state index < -0.39 is 0 Å². The summed E-state index contributed by atoms with van der Waals surface area (Å²) < 4.78 is 0. The Bertz CT molecular complexity index is 739. The van der Waals surface area contributed by atoms with Crippen LogP contribution in [0, 0.1) is 20.8 Å². The quantitative estimate of drug-likeness (QED) is 0.720. The zero-order valence-corrected chi connectivity index (χ0v) is 14.9. The lowest BCUT2D eigenvalue weighted by molar-refractivity contribution is 0.466. The minimum absolute atomic E-state index is 0.0500. The predicted molar refractivity (Wildman–Crippen MR) is 98.1 cm³/mol. The van der Waals surface area contributed by atoms with Gasteiger partial charge < -0.3 is 10.2 Å². The fraction of sp³-hybridized carbons (Fsp3) is 0.333. The van der Waals surface area contributed by atoms with Gasteiger partial charge in [0.1, 0.15) is 11.5 Å². The van der Waals surface area contributed by atoms with Gasteiger partial charge in [-0.2, -0.15) is 0 Å². The molecule has 2 aromatic carbocycles. The van der Waals surface area contributed by atoms with Crippen LogP contribution in [0.1, 0.15) is 54.2 Å². The van der Waals surface area contributed by atoms with Crippen LogP contribution >= 0.6 is 0 Å². The lowest BCUT2D eigenvalue weighted by Gasteiger charge is -2.22. The third-order valence-electron chi connectivity index (χ3n) is 4.14. The second kappa shape index (κ2) is 6.11. The summed E-state index contributed by atoms with van der Waals surface area (Å²) in [7, 11) is 0. The molecule has 0 heterocycles. The molecule has 0 spiro atoms. The van der Waals surface area contributed by atoms with Crippen molar-refractivity contribution in [3.63, 3.8) is 0 Å². The van der Waals surface area contributed by atoms with Crippen LogP contribution in [-0.2, 0) is 5.41 Å². The average Bonchev–Trinajstić information content (AvgIpc) is 2.44. The van der Waals surface area contributed by atoms with Crippen molar-refractivity contribution in [2.24, 2.45) is 0 Å². The molecule has 0 saturated heterocycles. The highest BCUT2D eigenvalue weighted by atomic mass is 16.3. The molecule has 2 heteroatoms. The summed E-state index contributed by atoms with van der Waals surface area (Å²) >= 11 is 0. The van der Waals surface area contributed by atoms with Gasteiger partial charge in [0.05, 0.1) is 0 Å². The molecule has 122 valence electrons. The van der Waals surface area contributed by atoms with E-state index in [1.807, 2.05) is 45.0 Å². The Balaban J connectivity index is 2.49. The summed E-state index contributed by atoms with van der Waals surface area (Å²) in [5.74, 6) is 0.696. The summed E-state index contributed by atoms with van der Waals surface area (Å²) in [5, 5.41) is 19.9. The highest BCUT2D eigenvalue weighted by Crippen LogP contribution is 2.32. The Kier molecular flexibility index (Phi) is 4.56. The Labute approximate surface area is 139 Å². The lowest BCUT2D eigenvalue weighted by Crippen LogP contribution is -2.13. The zero-order chi connectivity index (χ0) is 17.4. The lowest BCUT2D eigenvalue weighted by atomic mass is 9.82. The van der Waals surface area contributed by atoms with Crippen LogP contribution in [0.4, 0.5) is 0 Å². The number of phenolic OH excluding ortho intramolecular Hbond substituents is 2. The van der Waals surface area contributed by atoms with Gasteiger partial charge in [-0.1, -0.05) is 32.9 Å². The summed E-state index contributed by atoms with van der Waals surface area (Å²) in [6.45, 7) is 12.2. The molecule has 23 heavy (non-hydrogen) atoms. The van der Waals surface area contributed by atoms with E-state index in [2.05, 4.69) is 32.9 Å². The van der Waals surface area contributed by atoms with E-state index in [1.54, 1.807) is 0 Å². The van der Waals surface area contributed by atoms with Crippen LogP contribution in [-0.4, -0.2) is 10.2 Å². The van der Waals surface area contributed by atoms with Crippen molar-refractivity contribution in [2.75, 3.05) is 0 Å². The van der Waals surface area contributed by atoms with Gasteiger partial charge in [-0.05, 0) is 83.8 Å². The van der Waals surface area contributed by atoms with Crippen molar-refractivity contribution < 1.29 is 10.2 Å². The molecule has 0 aromatic heterocycles. The molecule has 0 bridgehead atoms. The Morgan fingerprint density at radius 2 is 1.35 bits per heavy atom. The Hall–Kier alpha value is -2.22. The molecule has 0 aliphatic carbocycles. The largest absolute Gasteiger partial charge is 0.508 e. The summed E-state index contributed by atoms with van der Waals surface area (Å²) in [6.07, 6.45) is 4.14. The number of phenols is 2. The molecule has 0 atom stereocenters. The summed E-state index contributed by atoms with van der Waals surface area (Å²) in [6, 6.07) is 7.83. The van der Waals surface area contributed by atoms with Gasteiger partial charge in [-0.15, -0.1) is 0 Å². The number of aryl methyl sites for hydroxylation is 3. The van der Waals surface area contributed by atoms with E-state index >= 15 is 0 Å². The van der Waals surface area contributed by atoms with Gasteiger partial charge in [0, 0.05) is 0 Å². The van der Waals surface area contributed by atoms with Crippen molar-refractivity contribution in [1.29, 1.82) is 0 Å². The second-order valence-corrected chi connectivity index (χ2v) is 7.31. The fourth-order valence-electron chi connectivity index (χ4n) is 2.78. The van der Waals surface area contributed by atoms with E-state index in [1.165, 1.54) is 0 Å². The molecule has 0 radical (unpaired) electrons. The van der Waals surface area contributed by atoms with E-state index in [0.29, 0.717) is 11.5 Å². The third kappa shape index (κ3) is 3.76. The highest BCUT2D eigenvalue weighted by molar-refractivity contribution is 5.73. The minimum atomic E-state index is -0.0500. The number of hydrogen-bond acceptors (Lipinski definition) is 2. The van der Waals surface area contributed by atoms with E-state index in [-0.39, 0.29) is 5.41 Å². The van der Waals surface area contributed by atoms with Gasteiger partial charge in [0.15, 0.2) is 0 Å². The average molecular weight is 310 g/mol. The Morgan fingerprint density at radius 3 is 1.87 bits per heavy atom. The number of hydrogen-bond donors (Lipinski definition) is 2. The third-order valence-corrected chi connectivity index (χ3v) is 4.14. The molecule has 2 N–H and O–H groups in total. The molecule has 0 amide bonds. The smallest absolute Gasteiger partial charge is 0.121 e. The van der Waals surface area contributed by atoms with E-state index in [9.17, 15) is 10.2 Å². The first-order valence-electron chi connectivity index (χ1n) is 7.92. The molecule has 2 nitrogen and oxygen atoms in total. The van der Waals surface area contributed by atoms with Gasteiger partial charge in [0.2, 0.25) is 0 Å². The number of aromatic hydroxyl groups is 2. The maximum absolute atomic E-state index is 10.0. The van der Waals surface area contributed by atoms with Gasteiger partial charge in [-0.25, -0.2) is 0 Å². The topological polar surface area (TPSA) is 40.5 Å². The van der Waals surface area contributed by atoms with Crippen molar-refractivity contribution in [2.45, 2.75) is 47.0 Å². The fourth-order valence-corrected chi connectivity index (χ4v) is 2.78. The first kappa shape index (κ1) is 17.1.